The topological polar surface area (TPSA) is 87.0 Å². The van der Waals surface area contributed by atoms with E-state index in [1.807, 2.05) is 6.08 Å². The first-order valence-electron chi connectivity index (χ1n) is 14.6. The van der Waals surface area contributed by atoms with Gasteiger partial charge in [-0.3, -0.25) is 4.79 Å². The average molecular weight is 513 g/mol. The highest BCUT2D eigenvalue weighted by molar-refractivity contribution is 5.81. The highest BCUT2D eigenvalue weighted by Crippen LogP contribution is 2.59. The van der Waals surface area contributed by atoms with Gasteiger partial charge in [-0.2, -0.15) is 0 Å². The van der Waals surface area contributed by atoms with Crippen molar-refractivity contribution in [2.45, 2.75) is 110 Å². The van der Waals surface area contributed by atoms with Gasteiger partial charge in [-0.1, -0.05) is 63.6 Å². The third-order valence-corrected chi connectivity index (χ3v) is 10.0. The number of aliphatic hydroxyl groups excluding tert-OH is 3. The second-order valence-electron chi connectivity index (χ2n) is 12.5. The third-order valence-electron chi connectivity index (χ3n) is 10.0. The van der Waals surface area contributed by atoms with Crippen molar-refractivity contribution in [2.75, 3.05) is 6.61 Å². The smallest absolute Gasteiger partial charge is 0.315 e. The Kier molecular flexibility index (Phi) is 8.87. The van der Waals surface area contributed by atoms with Crippen LogP contribution in [-0.4, -0.2) is 46.2 Å². The average Bonchev–Trinajstić information content (AvgIpc) is 3.60. The van der Waals surface area contributed by atoms with Crippen LogP contribution in [0.4, 0.5) is 0 Å². The Labute approximate surface area is 223 Å². The lowest BCUT2D eigenvalue weighted by Crippen LogP contribution is -2.36. The summed E-state index contributed by atoms with van der Waals surface area (Å²) in [6.45, 7) is 11.3. The molecule has 4 rings (SSSR count). The second-order valence-corrected chi connectivity index (χ2v) is 12.5. The zero-order valence-corrected chi connectivity index (χ0v) is 23.1. The number of carbonyl (C=O) groups excluding carboxylic acids is 1. The molecule has 0 amide bonds. The molecular weight excluding hydrogens is 464 g/mol. The van der Waals surface area contributed by atoms with Crippen molar-refractivity contribution < 1.29 is 24.9 Å². The molecule has 5 nitrogen and oxygen atoms in total. The van der Waals surface area contributed by atoms with Crippen LogP contribution in [0.5, 0.6) is 0 Å². The Hall–Kier alpha value is -1.69. The Bertz CT molecular complexity index is 941. The van der Waals surface area contributed by atoms with Gasteiger partial charge in [-0.25, -0.2) is 0 Å². The van der Waals surface area contributed by atoms with Crippen molar-refractivity contribution in [3.63, 3.8) is 0 Å². The lowest BCUT2D eigenvalue weighted by atomic mass is 9.61. The van der Waals surface area contributed by atoms with E-state index >= 15 is 0 Å². The maximum atomic E-state index is 12.6. The van der Waals surface area contributed by atoms with Gasteiger partial charge in [0.2, 0.25) is 0 Å². The molecule has 0 spiro atoms. The molecule has 0 radical (unpaired) electrons. The number of ether oxygens (including phenoxy) is 1. The van der Waals surface area contributed by atoms with Gasteiger partial charge in [-0.15, -0.1) is 0 Å². The van der Waals surface area contributed by atoms with Crippen molar-refractivity contribution in [3.05, 3.63) is 47.6 Å². The Balaban J connectivity index is 1.42. The van der Waals surface area contributed by atoms with Gasteiger partial charge >= 0.3 is 5.97 Å². The van der Waals surface area contributed by atoms with Crippen molar-refractivity contribution in [2.24, 2.45) is 28.6 Å². The molecule has 0 aromatic rings. The van der Waals surface area contributed by atoms with E-state index in [1.54, 1.807) is 0 Å². The van der Waals surface area contributed by atoms with Gasteiger partial charge in [0.25, 0.3) is 0 Å². The summed E-state index contributed by atoms with van der Waals surface area (Å²) in [5, 5.41) is 31.2. The number of fused-ring (bicyclic) bond motifs is 1. The minimum absolute atomic E-state index is 0.205. The number of unbranched alkanes of at least 4 members (excludes halogenated alkanes) is 1. The Morgan fingerprint density at radius 1 is 1.19 bits per heavy atom. The number of rotatable bonds is 9. The zero-order valence-electron chi connectivity index (χ0n) is 23.1. The predicted molar refractivity (Wildman–Crippen MR) is 147 cm³/mol. The number of carbonyl (C=O) groups is 1. The molecule has 4 aliphatic rings. The predicted octanol–water partition coefficient (Wildman–Crippen LogP) is 5.80. The monoisotopic (exact) mass is 512 g/mol. The van der Waals surface area contributed by atoms with Crippen LogP contribution in [0.25, 0.3) is 0 Å². The van der Waals surface area contributed by atoms with Gasteiger partial charge in [0.15, 0.2) is 0 Å². The first-order valence-corrected chi connectivity index (χ1v) is 14.6. The van der Waals surface area contributed by atoms with E-state index in [-0.39, 0.29) is 11.4 Å². The Morgan fingerprint density at radius 3 is 2.65 bits per heavy atom. The minimum Gasteiger partial charge on any atom is -0.465 e. The molecule has 7 atom stereocenters. The van der Waals surface area contributed by atoms with Gasteiger partial charge in [0.05, 0.1) is 30.3 Å². The molecule has 4 aliphatic carbocycles. The third kappa shape index (κ3) is 5.84. The van der Waals surface area contributed by atoms with Crippen molar-refractivity contribution in [1.82, 2.24) is 0 Å². The van der Waals surface area contributed by atoms with Gasteiger partial charge in [-0.05, 0) is 92.1 Å². The molecule has 4 saturated carbocycles. The molecule has 0 unspecified atom stereocenters. The fourth-order valence-corrected chi connectivity index (χ4v) is 7.42. The summed E-state index contributed by atoms with van der Waals surface area (Å²) in [7, 11) is 0. The first-order chi connectivity index (χ1) is 17.6. The minimum atomic E-state index is -0.781. The summed E-state index contributed by atoms with van der Waals surface area (Å²) >= 11 is 0. The molecule has 5 heteroatoms. The molecule has 206 valence electrons. The van der Waals surface area contributed by atoms with Gasteiger partial charge < -0.3 is 20.1 Å². The first kappa shape index (κ1) is 28.3. The maximum Gasteiger partial charge on any atom is 0.315 e. The van der Waals surface area contributed by atoms with Crippen LogP contribution >= 0.6 is 0 Å². The van der Waals surface area contributed by atoms with Crippen LogP contribution in [0, 0.1) is 28.6 Å². The van der Waals surface area contributed by atoms with E-state index < -0.39 is 23.7 Å². The summed E-state index contributed by atoms with van der Waals surface area (Å²) in [5.74, 6) is 1.13. The molecular formula is C32H48O5. The number of hydrogen-bond acceptors (Lipinski definition) is 5. The van der Waals surface area contributed by atoms with Crippen LogP contribution in [-0.2, 0) is 9.53 Å². The highest BCUT2D eigenvalue weighted by atomic mass is 16.5. The van der Waals surface area contributed by atoms with Crippen LogP contribution in [0.2, 0.25) is 0 Å². The summed E-state index contributed by atoms with van der Waals surface area (Å²) in [6.07, 6.45) is 16.4. The summed E-state index contributed by atoms with van der Waals surface area (Å²) < 4.78 is 5.44. The molecule has 0 saturated heterocycles. The molecule has 0 aliphatic heterocycles. The lowest BCUT2D eigenvalue weighted by molar-refractivity contribution is -0.153. The van der Waals surface area contributed by atoms with E-state index in [1.165, 1.54) is 12.0 Å². The fraction of sp³-hybridized carbons (Fsp3) is 0.719. The van der Waals surface area contributed by atoms with Crippen LogP contribution in [0.3, 0.4) is 0 Å². The molecule has 3 N–H and O–H groups in total. The molecule has 4 fully saturated rings. The lowest BCUT2D eigenvalue weighted by Gasteiger charge is -2.44. The summed E-state index contributed by atoms with van der Waals surface area (Å²) in [4.78, 5) is 12.6. The van der Waals surface area contributed by atoms with Crippen molar-refractivity contribution in [1.29, 1.82) is 0 Å². The fourth-order valence-electron chi connectivity index (χ4n) is 7.42. The van der Waals surface area contributed by atoms with Gasteiger partial charge in [0, 0.05) is 6.42 Å². The molecule has 0 aromatic heterocycles. The van der Waals surface area contributed by atoms with Gasteiger partial charge in [0.1, 0.15) is 0 Å². The number of esters is 1. The van der Waals surface area contributed by atoms with Crippen molar-refractivity contribution in [3.8, 4) is 0 Å². The summed E-state index contributed by atoms with van der Waals surface area (Å²) in [5.41, 5.74) is 2.66. The molecule has 37 heavy (non-hydrogen) atoms. The van der Waals surface area contributed by atoms with E-state index in [2.05, 4.69) is 45.6 Å². The maximum absolute atomic E-state index is 12.6. The molecule has 0 bridgehead atoms. The largest absolute Gasteiger partial charge is 0.465 e. The second kappa shape index (κ2) is 11.6. The highest BCUT2D eigenvalue weighted by Gasteiger charge is 2.56. The zero-order chi connectivity index (χ0) is 26.8. The number of aliphatic hydroxyl groups is 3. The Morgan fingerprint density at radius 2 is 1.95 bits per heavy atom. The van der Waals surface area contributed by atoms with Crippen LogP contribution in [0.1, 0.15) is 91.4 Å². The molecule has 0 aromatic carbocycles. The number of allylic oxidation sites excluding steroid dienone is 4. The quantitative estimate of drug-likeness (QED) is 0.206. The van der Waals surface area contributed by atoms with Crippen LogP contribution in [0.15, 0.2) is 47.6 Å². The van der Waals surface area contributed by atoms with E-state index in [4.69, 9.17) is 4.74 Å². The van der Waals surface area contributed by atoms with Crippen molar-refractivity contribution >= 4 is 5.97 Å². The molecule has 0 heterocycles. The SMILES string of the molecule is C=C1C(=C/C=C2\CCC[C@]3(C)[C@@H]([C@H](C)/C=C/[C@@H](O)C4(C(=O)OCCCC)CC4)CC[C@@H]23)C[C@@H](O)C[C@@H]1O. The van der Waals surface area contributed by atoms with E-state index in [0.29, 0.717) is 50.0 Å². The normalized spacial score (nSPS) is 37.1. The number of hydrogen-bond donors (Lipinski definition) is 3. The summed E-state index contributed by atoms with van der Waals surface area (Å²) in [6, 6.07) is 0. The van der Waals surface area contributed by atoms with E-state index in [0.717, 1.165) is 49.7 Å². The van der Waals surface area contributed by atoms with Crippen LogP contribution < -0.4 is 0 Å². The standard InChI is InChI=1S/C32H48O5/c1-5-6-18-37-30(36)32(16-17-32)29(35)14-9-21(2)26-12-13-27-23(8-7-15-31(26,27)4)10-11-24-19-25(33)20-28(34)22(24)3/h9-11,14,21,25-29,33-35H,3,5-8,12-13,15-20H2,1-2,4H3/b14-9+,23-10+,24-11?/t21-,25-,26-,27+,28+,29-,31-/m1/s1. The van der Waals surface area contributed by atoms with E-state index in [9.17, 15) is 20.1 Å².